The predicted octanol–water partition coefficient (Wildman–Crippen LogP) is 1.13. The van der Waals surface area contributed by atoms with Crippen LogP contribution in [0.2, 0.25) is 0 Å². The number of amides is 1. The molecule has 0 aromatic carbocycles. The van der Waals surface area contributed by atoms with Gasteiger partial charge < -0.3 is 15.5 Å². The van der Waals surface area contributed by atoms with Crippen molar-refractivity contribution in [3.63, 3.8) is 0 Å². The molecule has 0 spiro atoms. The quantitative estimate of drug-likeness (QED) is 0.810. The van der Waals surface area contributed by atoms with E-state index >= 15 is 0 Å². The molecule has 2 unspecified atom stereocenters. The minimum absolute atomic E-state index is 0. The number of nitrogens with zero attached hydrogens (tertiary/aromatic N) is 6. The number of halogens is 2. The minimum atomic E-state index is 0. The van der Waals surface area contributed by atoms with Crippen LogP contribution in [-0.4, -0.2) is 62.8 Å². The number of nitrogens with two attached hydrogens (primary N) is 1. The number of hydrogen-bond acceptors (Lipinski definition) is 6. The third-order valence-electron chi connectivity index (χ3n) is 5.13. The molecule has 1 aliphatic carbocycles. The Morgan fingerprint density at radius 3 is 2.62 bits per heavy atom. The van der Waals surface area contributed by atoms with E-state index in [9.17, 15) is 4.79 Å². The standard InChI is InChI=1S/C16H23N7O.2ClH/c17-13-3-1-2-12(10-13)16(24)22-8-6-21(7-9-22)15-5-4-14-19-18-11-23(14)20-15;;/h4-5,11-13H,1-3,6-10,17H2;2*1H. The lowest BCUT2D eigenvalue weighted by atomic mass is 9.85. The van der Waals surface area contributed by atoms with Crippen molar-refractivity contribution in [1.82, 2.24) is 24.7 Å². The molecule has 2 atom stereocenters. The van der Waals surface area contributed by atoms with Gasteiger partial charge in [-0.25, -0.2) is 0 Å². The molecule has 26 heavy (non-hydrogen) atoms. The van der Waals surface area contributed by atoms with Crippen molar-refractivity contribution in [3.05, 3.63) is 18.5 Å². The number of carbonyl (C=O) groups is 1. The molecule has 4 rings (SSSR count). The highest BCUT2D eigenvalue weighted by atomic mass is 35.5. The summed E-state index contributed by atoms with van der Waals surface area (Å²) in [5, 5.41) is 12.3. The summed E-state index contributed by atoms with van der Waals surface area (Å²) >= 11 is 0. The summed E-state index contributed by atoms with van der Waals surface area (Å²) in [5.41, 5.74) is 6.76. The monoisotopic (exact) mass is 401 g/mol. The van der Waals surface area contributed by atoms with Crippen LogP contribution in [0.15, 0.2) is 18.5 Å². The summed E-state index contributed by atoms with van der Waals surface area (Å²) in [6.45, 7) is 3.08. The molecule has 2 fully saturated rings. The molecule has 2 aliphatic rings. The Hall–Kier alpha value is -1.64. The molecule has 2 N–H and O–H groups in total. The molecule has 1 aliphatic heterocycles. The maximum absolute atomic E-state index is 12.7. The number of hydrogen-bond donors (Lipinski definition) is 1. The Bertz CT molecular complexity index is 732. The third-order valence-corrected chi connectivity index (χ3v) is 5.13. The Balaban J connectivity index is 0.00000121. The number of aromatic nitrogens is 4. The Kier molecular flexibility index (Phi) is 7.02. The third kappa shape index (κ3) is 4.19. The molecule has 1 saturated heterocycles. The number of anilines is 1. The molecule has 0 bridgehead atoms. The van der Waals surface area contributed by atoms with Crippen molar-refractivity contribution >= 4 is 42.2 Å². The van der Waals surface area contributed by atoms with Crippen molar-refractivity contribution in [1.29, 1.82) is 0 Å². The zero-order valence-corrected chi connectivity index (χ0v) is 16.2. The molecule has 10 heteroatoms. The van der Waals surface area contributed by atoms with E-state index < -0.39 is 0 Å². The van der Waals surface area contributed by atoms with Crippen LogP contribution in [0.3, 0.4) is 0 Å². The minimum Gasteiger partial charge on any atom is -0.352 e. The van der Waals surface area contributed by atoms with E-state index in [1.165, 1.54) is 0 Å². The van der Waals surface area contributed by atoms with E-state index in [2.05, 4.69) is 20.2 Å². The molecule has 8 nitrogen and oxygen atoms in total. The number of rotatable bonds is 2. The Labute approximate surface area is 164 Å². The van der Waals surface area contributed by atoms with E-state index in [1.54, 1.807) is 10.8 Å². The highest BCUT2D eigenvalue weighted by molar-refractivity contribution is 5.85. The van der Waals surface area contributed by atoms with Gasteiger partial charge in [-0.2, -0.15) is 4.52 Å². The lowest BCUT2D eigenvalue weighted by molar-refractivity contribution is -0.137. The second kappa shape index (κ2) is 8.83. The van der Waals surface area contributed by atoms with Crippen molar-refractivity contribution in [2.24, 2.45) is 11.7 Å². The topological polar surface area (TPSA) is 92.7 Å². The molecule has 144 valence electrons. The second-order valence-corrected chi connectivity index (χ2v) is 6.76. The van der Waals surface area contributed by atoms with Crippen molar-refractivity contribution in [2.75, 3.05) is 31.1 Å². The van der Waals surface area contributed by atoms with Crippen LogP contribution >= 0.6 is 24.8 Å². The van der Waals surface area contributed by atoms with Crippen LogP contribution in [-0.2, 0) is 4.79 Å². The summed E-state index contributed by atoms with van der Waals surface area (Å²) in [5.74, 6) is 1.30. The summed E-state index contributed by atoms with van der Waals surface area (Å²) in [7, 11) is 0. The van der Waals surface area contributed by atoms with Gasteiger partial charge >= 0.3 is 0 Å². The van der Waals surface area contributed by atoms with Crippen LogP contribution in [0.25, 0.3) is 5.65 Å². The fraction of sp³-hybridized carbons (Fsp3) is 0.625. The van der Waals surface area contributed by atoms with Gasteiger partial charge in [0.25, 0.3) is 0 Å². The number of carbonyl (C=O) groups excluding carboxylic acids is 1. The van der Waals surface area contributed by atoms with E-state index in [-0.39, 0.29) is 42.7 Å². The van der Waals surface area contributed by atoms with Crippen LogP contribution in [0.1, 0.15) is 25.7 Å². The molecule has 0 radical (unpaired) electrons. The van der Waals surface area contributed by atoms with E-state index in [0.29, 0.717) is 0 Å². The van der Waals surface area contributed by atoms with E-state index in [0.717, 1.165) is 63.3 Å². The first-order valence-corrected chi connectivity index (χ1v) is 8.67. The van der Waals surface area contributed by atoms with Crippen molar-refractivity contribution in [3.8, 4) is 0 Å². The first kappa shape index (κ1) is 20.7. The largest absolute Gasteiger partial charge is 0.352 e. The van der Waals surface area contributed by atoms with Crippen LogP contribution in [0.4, 0.5) is 5.82 Å². The predicted molar refractivity (Wildman–Crippen MR) is 104 cm³/mol. The van der Waals surface area contributed by atoms with E-state index in [4.69, 9.17) is 5.73 Å². The molecular weight excluding hydrogens is 377 g/mol. The smallest absolute Gasteiger partial charge is 0.225 e. The molecule has 1 amide bonds. The van der Waals surface area contributed by atoms with Gasteiger partial charge in [-0.3, -0.25) is 4.79 Å². The molecule has 2 aromatic heterocycles. The molecule has 1 saturated carbocycles. The van der Waals surface area contributed by atoms with Crippen molar-refractivity contribution < 1.29 is 4.79 Å². The molecular formula is C16H25Cl2N7O. The van der Waals surface area contributed by atoms with Gasteiger partial charge in [0, 0.05) is 38.1 Å². The second-order valence-electron chi connectivity index (χ2n) is 6.76. The summed E-state index contributed by atoms with van der Waals surface area (Å²) in [6.07, 6.45) is 5.55. The highest BCUT2D eigenvalue weighted by Gasteiger charge is 2.31. The zero-order valence-electron chi connectivity index (χ0n) is 14.5. The summed E-state index contributed by atoms with van der Waals surface area (Å²) in [6, 6.07) is 4.06. The molecule has 2 aromatic rings. The van der Waals surface area contributed by atoms with Crippen LogP contribution < -0.4 is 10.6 Å². The first-order valence-electron chi connectivity index (χ1n) is 8.67. The normalized spacial score (nSPS) is 23.3. The maximum atomic E-state index is 12.7. The lowest BCUT2D eigenvalue weighted by Gasteiger charge is -2.38. The van der Waals surface area contributed by atoms with E-state index in [1.807, 2.05) is 17.0 Å². The number of fused-ring (bicyclic) bond motifs is 1. The SMILES string of the molecule is Cl.Cl.NC1CCCC(C(=O)N2CCN(c3ccc4nncn4n3)CC2)C1. The zero-order chi connectivity index (χ0) is 16.5. The van der Waals surface area contributed by atoms with Crippen molar-refractivity contribution in [2.45, 2.75) is 31.7 Å². The van der Waals surface area contributed by atoms with Crippen LogP contribution in [0.5, 0.6) is 0 Å². The summed E-state index contributed by atoms with van der Waals surface area (Å²) in [4.78, 5) is 16.9. The van der Waals surface area contributed by atoms with Gasteiger partial charge in [-0.05, 0) is 31.4 Å². The average molecular weight is 402 g/mol. The highest BCUT2D eigenvalue weighted by Crippen LogP contribution is 2.25. The lowest BCUT2D eigenvalue weighted by Crippen LogP contribution is -2.51. The van der Waals surface area contributed by atoms with Gasteiger partial charge in [0.1, 0.15) is 12.1 Å². The number of piperazine rings is 1. The van der Waals surface area contributed by atoms with Crippen LogP contribution in [0, 0.1) is 5.92 Å². The first-order chi connectivity index (χ1) is 11.7. The van der Waals surface area contributed by atoms with Gasteiger partial charge in [-0.1, -0.05) is 6.42 Å². The fourth-order valence-electron chi connectivity index (χ4n) is 3.75. The molecule has 3 heterocycles. The van der Waals surface area contributed by atoms with Gasteiger partial charge in [0.2, 0.25) is 5.91 Å². The Morgan fingerprint density at radius 1 is 1.12 bits per heavy atom. The average Bonchev–Trinajstić information content (AvgIpc) is 3.09. The maximum Gasteiger partial charge on any atom is 0.225 e. The van der Waals surface area contributed by atoms with Gasteiger partial charge in [0.15, 0.2) is 5.65 Å². The fourth-order valence-corrected chi connectivity index (χ4v) is 3.75. The Morgan fingerprint density at radius 2 is 1.88 bits per heavy atom. The van der Waals surface area contributed by atoms with Gasteiger partial charge in [-0.15, -0.1) is 40.1 Å². The van der Waals surface area contributed by atoms with Gasteiger partial charge in [0.05, 0.1) is 0 Å². The summed E-state index contributed by atoms with van der Waals surface area (Å²) < 4.78 is 1.68.